The Bertz CT molecular complexity index is 326. The van der Waals surface area contributed by atoms with E-state index in [4.69, 9.17) is 10.8 Å². The van der Waals surface area contributed by atoms with Gasteiger partial charge in [0.15, 0.2) is 0 Å². The Kier molecular flexibility index (Phi) is 5.12. The molecule has 0 bridgehead atoms. The molecule has 0 aliphatic carbocycles. The number of anilines is 2. The molecule has 0 aliphatic rings. The minimum absolute atomic E-state index is 0.226. The molecule has 0 unspecified atom stereocenters. The van der Waals surface area contributed by atoms with Crippen molar-refractivity contribution >= 4 is 11.4 Å². The summed E-state index contributed by atoms with van der Waals surface area (Å²) in [4.78, 5) is 2.21. The second-order valence-corrected chi connectivity index (χ2v) is 3.86. The second kappa shape index (κ2) is 6.38. The quantitative estimate of drug-likeness (QED) is 0.724. The number of hydrogen-bond acceptors (Lipinski definition) is 3. The maximum atomic E-state index is 8.87. The molecule has 1 rings (SSSR count). The third-order valence-electron chi connectivity index (χ3n) is 2.86. The number of benzene rings is 1. The van der Waals surface area contributed by atoms with Gasteiger partial charge in [0.25, 0.3) is 0 Å². The Hall–Kier alpha value is -1.22. The molecular formula is C13H22N2O. The lowest BCUT2D eigenvalue weighted by Gasteiger charge is -2.25. The van der Waals surface area contributed by atoms with E-state index in [1.807, 2.05) is 6.07 Å². The van der Waals surface area contributed by atoms with Crippen molar-refractivity contribution < 1.29 is 5.11 Å². The summed E-state index contributed by atoms with van der Waals surface area (Å²) in [7, 11) is 0. The van der Waals surface area contributed by atoms with Crippen LogP contribution in [0.25, 0.3) is 0 Å². The highest BCUT2D eigenvalue weighted by Gasteiger charge is 2.09. The van der Waals surface area contributed by atoms with Gasteiger partial charge >= 0.3 is 0 Å². The van der Waals surface area contributed by atoms with Crippen molar-refractivity contribution in [3.63, 3.8) is 0 Å². The number of hydrogen-bond donors (Lipinski definition) is 2. The summed E-state index contributed by atoms with van der Waals surface area (Å²) in [5.74, 6) is 0. The van der Waals surface area contributed by atoms with Crippen molar-refractivity contribution in [3.05, 3.63) is 23.8 Å². The second-order valence-electron chi connectivity index (χ2n) is 3.86. The van der Waals surface area contributed by atoms with E-state index < -0.39 is 0 Å². The number of rotatable bonds is 6. The van der Waals surface area contributed by atoms with Crippen LogP contribution >= 0.6 is 0 Å². The number of aliphatic hydroxyl groups excluding tert-OH is 1. The zero-order chi connectivity index (χ0) is 12.0. The van der Waals surface area contributed by atoms with Crippen LogP contribution in [0.15, 0.2) is 18.2 Å². The van der Waals surface area contributed by atoms with Gasteiger partial charge in [-0.05, 0) is 31.4 Å². The van der Waals surface area contributed by atoms with Gasteiger partial charge in [-0.3, -0.25) is 0 Å². The van der Waals surface area contributed by atoms with Crippen LogP contribution in [0.1, 0.15) is 25.8 Å². The summed E-state index contributed by atoms with van der Waals surface area (Å²) in [6.07, 6.45) is 1.74. The highest BCUT2D eigenvalue weighted by Crippen LogP contribution is 2.26. The number of nitrogens with two attached hydrogens (primary N) is 1. The molecule has 0 aliphatic heterocycles. The first-order valence-corrected chi connectivity index (χ1v) is 5.97. The van der Waals surface area contributed by atoms with Crippen LogP contribution in [-0.2, 0) is 6.42 Å². The predicted molar refractivity (Wildman–Crippen MR) is 69.8 cm³/mol. The van der Waals surface area contributed by atoms with E-state index in [9.17, 15) is 0 Å². The fourth-order valence-electron chi connectivity index (χ4n) is 1.89. The van der Waals surface area contributed by atoms with Crippen LogP contribution in [0, 0.1) is 0 Å². The highest BCUT2D eigenvalue weighted by atomic mass is 16.3. The molecule has 0 aromatic heterocycles. The monoisotopic (exact) mass is 222 g/mol. The zero-order valence-electron chi connectivity index (χ0n) is 10.2. The van der Waals surface area contributed by atoms with Crippen LogP contribution in [0.3, 0.4) is 0 Å². The van der Waals surface area contributed by atoms with Gasteiger partial charge in [0.05, 0.1) is 11.4 Å². The first kappa shape index (κ1) is 12.8. The number of nitrogens with zero attached hydrogens (tertiary/aromatic N) is 1. The first-order chi connectivity index (χ1) is 7.74. The van der Waals surface area contributed by atoms with Crippen LogP contribution in [0.2, 0.25) is 0 Å². The van der Waals surface area contributed by atoms with Gasteiger partial charge in [-0.1, -0.05) is 19.1 Å². The minimum Gasteiger partial charge on any atom is -0.397 e. The van der Waals surface area contributed by atoms with Crippen LogP contribution in [-0.4, -0.2) is 24.8 Å². The lowest BCUT2D eigenvalue weighted by Crippen LogP contribution is -2.25. The van der Waals surface area contributed by atoms with E-state index in [1.165, 1.54) is 5.56 Å². The number of para-hydroxylation sites is 1. The summed E-state index contributed by atoms with van der Waals surface area (Å²) >= 11 is 0. The standard InChI is InChI=1S/C13H22N2O/c1-3-11-7-5-8-12(13(11)14)15(4-2)9-6-10-16/h5,7-8,16H,3-4,6,9-10,14H2,1-2H3. The fraction of sp³-hybridized carbons (Fsp3) is 0.538. The molecule has 0 heterocycles. The third kappa shape index (κ3) is 2.89. The van der Waals surface area contributed by atoms with Crippen molar-refractivity contribution in [2.45, 2.75) is 26.7 Å². The lowest BCUT2D eigenvalue weighted by atomic mass is 10.1. The maximum absolute atomic E-state index is 8.87. The van der Waals surface area contributed by atoms with Crippen molar-refractivity contribution in [1.82, 2.24) is 0 Å². The molecule has 3 nitrogen and oxygen atoms in total. The van der Waals surface area contributed by atoms with E-state index in [1.54, 1.807) is 0 Å². The van der Waals surface area contributed by atoms with Gasteiger partial charge in [-0.25, -0.2) is 0 Å². The van der Waals surface area contributed by atoms with Crippen molar-refractivity contribution in [3.8, 4) is 0 Å². The van der Waals surface area contributed by atoms with Crippen molar-refractivity contribution in [2.24, 2.45) is 0 Å². The summed E-state index contributed by atoms with van der Waals surface area (Å²) < 4.78 is 0. The van der Waals surface area contributed by atoms with E-state index >= 15 is 0 Å². The minimum atomic E-state index is 0.226. The van der Waals surface area contributed by atoms with E-state index in [-0.39, 0.29) is 6.61 Å². The third-order valence-corrected chi connectivity index (χ3v) is 2.86. The molecule has 3 heteroatoms. The Labute approximate surface area is 97.9 Å². The summed E-state index contributed by atoms with van der Waals surface area (Å²) in [6.45, 7) is 6.21. The zero-order valence-corrected chi connectivity index (χ0v) is 10.2. The molecule has 1 aromatic rings. The van der Waals surface area contributed by atoms with Gasteiger partial charge in [-0.15, -0.1) is 0 Å². The van der Waals surface area contributed by atoms with Crippen LogP contribution < -0.4 is 10.6 Å². The maximum Gasteiger partial charge on any atom is 0.0602 e. The Morgan fingerprint density at radius 3 is 2.62 bits per heavy atom. The number of nitrogen functional groups attached to an aromatic ring is 1. The molecule has 0 fully saturated rings. The number of aryl methyl sites for hydroxylation is 1. The largest absolute Gasteiger partial charge is 0.397 e. The van der Waals surface area contributed by atoms with E-state index in [0.29, 0.717) is 0 Å². The van der Waals surface area contributed by atoms with E-state index in [0.717, 1.165) is 37.3 Å². The first-order valence-electron chi connectivity index (χ1n) is 5.97. The summed E-state index contributed by atoms with van der Waals surface area (Å²) in [6, 6.07) is 6.17. The van der Waals surface area contributed by atoms with Gasteiger partial charge in [0.1, 0.15) is 0 Å². The summed E-state index contributed by atoms with van der Waals surface area (Å²) in [5, 5.41) is 8.87. The van der Waals surface area contributed by atoms with Gasteiger partial charge in [-0.2, -0.15) is 0 Å². The highest BCUT2D eigenvalue weighted by molar-refractivity contribution is 5.71. The molecule has 0 radical (unpaired) electrons. The average molecular weight is 222 g/mol. The van der Waals surface area contributed by atoms with E-state index in [2.05, 4.69) is 30.9 Å². The molecule has 0 spiro atoms. The number of aliphatic hydroxyl groups is 1. The molecule has 16 heavy (non-hydrogen) atoms. The fourth-order valence-corrected chi connectivity index (χ4v) is 1.89. The predicted octanol–water partition coefficient (Wildman–Crippen LogP) is 2.04. The van der Waals surface area contributed by atoms with Crippen LogP contribution in [0.4, 0.5) is 11.4 Å². The lowest BCUT2D eigenvalue weighted by molar-refractivity contribution is 0.289. The van der Waals surface area contributed by atoms with Gasteiger partial charge < -0.3 is 15.7 Å². The molecule has 90 valence electrons. The Morgan fingerprint density at radius 1 is 1.31 bits per heavy atom. The topological polar surface area (TPSA) is 49.5 Å². The van der Waals surface area contributed by atoms with Gasteiger partial charge in [0, 0.05) is 19.7 Å². The van der Waals surface area contributed by atoms with Crippen molar-refractivity contribution in [2.75, 3.05) is 30.3 Å². The Balaban J connectivity index is 2.91. The summed E-state index contributed by atoms with van der Waals surface area (Å²) in [5.41, 5.74) is 9.30. The SMILES string of the molecule is CCc1cccc(N(CC)CCCO)c1N. The molecule has 0 atom stereocenters. The molecular weight excluding hydrogens is 200 g/mol. The van der Waals surface area contributed by atoms with Gasteiger partial charge in [0.2, 0.25) is 0 Å². The molecule has 0 saturated carbocycles. The molecule has 3 N–H and O–H groups in total. The van der Waals surface area contributed by atoms with Crippen LogP contribution in [0.5, 0.6) is 0 Å². The molecule has 1 aromatic carbocycles. The van der Waals surface area contributed by atoms with Crippen molar-refractivity contribution in [1.29, 1.82) is 0 Å². The molecule has 0 saturated heterocycles. The smallest absolute Gasteiger partial charge is 0.0602 e. The molecule has 0 amide bonds. The Morgan fingerprint density at radius 2 is 2.06 bits per heavy atom. The normalized spacial score (nSPS) is 10.4. The average Bonchev–Trinajstić information content (AvgIpc) is 2.32.